The van der Waals surface area contributed by atoms with Crippen molar-refractivity contribution < 1.29 is 38.9 Å². The molecule has 7 unspecified atom stereocenters. The van der Waals surface area contributed by atoms with Crippen LogP contribution in [0.15, 0.2) is 12.7 Å². The highest BCUT2D eigenvalue weighted by molar-refractivity contribution is 8.00. The Balaban J connectivity index is 1.49. The van der Waals surface area contributed by atoms with Gasteiger partial charge in [-0.15, -0.1) is 18.3 Å². The number of amides is 2. The van der Waals surface area contributed by atoms with Gasteiger partial charge in [-0.1, -0.05) is 47.6 Å². The number of aliphatic hydroxyl groups is 2. The van der Waals surface area contributed by atoms with Gasteiger partial charge in [-0.25, -0.2) is 4.79 Å². The molecule has 0 aromatic carbocycles. The molecule has 1 aliphatic heterocycles. The molecule has 11 atom stereocenters. The number of carbonyl (C=O) groups excluding carboxylic acids is 4. The third kappa shape index (κ3) is 7.34. The number of likely N-dealkylation sites (tertiary alicyclic amines) is 1. The second-order valence-electron chi connectivity index (χ2n) is 16.9. The maximum Gasteiger partial charge on any atom is 0.408 e. The van der Waals surface area contributed by atoms with E-state index in [1.165, 1.54) is 11.8 Å². The quantitative estimate of drug-likeness (QED) is 0.233. The first-order chi connectivity index (χ1) is 22.2. The van der Waals surface area contributed by atoms with Crippen LogP contribution < -0.4 is 5.32 Å². The standard InChI is InChI=1S/C37H60N2O8S/c1-11-35(9)18-27(36(10)22(4)12-15-37(23(5)31(35)43)16-13-25(41)30(36)37)46-28(42)20-48-26-19-39(17-14-24(26)40)32(44)29(21(2)3)38-33(45)47-34(6,7)8/h11,21-24,26-27,29-31,40,43H,1,12-20H2,2-10H3,(H,38,45)/t22?,23-,24?,26?,27+,29?,30?,31?,35+,36-,37?/m0/s1. The minimum absolute atomic E-state index is 0.0397. The van der Waals surface area contributed by atoms with Crippen molar-refractivity contribution in [3.05, 3.63) is 12.7 Å². The van der Waals surface area contributed by atoms with Gasteiger partial charge in [0.05, 0.1) is 18.0 Å². The zero-order chi connectivity index (χ0) is 36.0. The monoisotopic (exact) mass is 692 g/mol. The number of hydrogen-bond donors (Lipinski definition) is 3. The first-order valence-electron chi connectivity index (χ1n) is 17.8. The lowest BCUT2D eigenvalue weighted by Crippen LogP contribution is -2.63. The first-order valence-corrected chi connectivity index (χ1v) is 18.9. The van der Waals surface area contributed by atoms with Crippen LogP contribution in [0.2, 0.25) is 0 Å². The lowest BCUT2D eigenvalue weighted by Gasteiger charge is -2.61. The molecule has 0 aromatic rings. The smallest absolute Gasteiger partial charge is 0.408 e. The lowest BCUT2D eigenvalue weighted by molar-refractivity contribution is -0.205. The van der Waals surface area contributed by atoms with Crippen molar-refractivity contribution in [2.45, 2.75) is 136 Å². The summed E-state index contributed by atoms with van der Waals surface area (Å²) in [7, 11) is 0. The minimum Gasteiger partial charge on any atom is -0.461 e. The summed E-state index contributed by atoms with van der Waals surface area (Å²) in [4.78, 5) is 55.1. The van der Waals surface area contributed by atoms with Gasteiger partial charge in [-0.3, -0.25) is 14.4 Å². The van der Waals surface area contributed by atoms with Crippen LogP contribution in [0.3, 0.4) is 0 Å². The number of piperidine rings is 1. The number of aliphatic hydroxyl groups excluding tert-OH is 2. The van der Waals surface area contributed by atoms with Crippen LogP contribution in [0, 0.1) is 39.9 Å². The maximum atomic E-state index is 13.7. The number of nitrogens with one attached hydrogen (secondary N) is 1. The predicted molar refractivity (Wildman–Crippen MR) is 186 cm³/mol. The highest BCUT2D eigenvalue weighted by atomic mass is 32.2. The molecular weight excluding hydrogens is 632 g/mol. The van der Waals surface area contributed by atoms with E-state index in [-0.39, 0.29) is 53.1 Å². The molecule has 10 nitrogen and oxygen atoms in total. The number of esters is 1. The average molecular weight is 693 g/mol. The van der Waals surface area contributed by atoms with Crippen molar-refractivity contribution >= 4 is 35.5 Å². The van der Waals surface area contributed by atoms with Crippen LogP contribution in [0.4, 0.5) is 4.79 Å². The van der Waals surface area contributed by atoms with Crippen LogP contribution in [0.25, 0.3) is 0 Å². The van der Waals surface area contributed by atoms with Crippen molar-refractivity contribution in [3.8, 4) is 0 Å². The molecule has 4 fully saturated rings. The summed E-state index contributed by atoms with van der Waals surface area (Å²) in [6.45, 7) is 21.9. The number of nitrogens with zero attached hydrogens (tertiary/aromatic N) is 1. The Bertz CT molecular complexity index is 1250. The molecule has 1 heterocycles. The summed E-state index contributed by atoms with van der Waals surface area (Å²) in [6, 6.07) is -0.800. The second-order valence-corrected chi connectivity index (χ2v) is 18.1. The molecule has 2 bridgehead atoms. The van der Waals surface area contributed by atoms with Crippen LogP contribution in [-0.4, -0.2) is 92.9 Å². The second kappa shape index (κ2) is 14.3. The summed E-state index contributed by atoms with van der Waals surface area (Å²) in [5.74, 6) is -1.02. The fourth-order valence-electron chi connectivity index (χ4n) is 9.28. The van der Waals surface area contributed by atoms with E-state index in [1.807, 2.05) is 20.8 Å². The zero-order valence-corrected chi connectivity index (χ0v) is 31.4. The number of alkyl carbamates (subject to hydrolysis) is 1. The highest BCUT2D eigenvalue weighted by Crippen LogP contribution is 2.68. The van der Waals surface area contributed by atoms with Crippen LogP contribution in [-0.2, 0) is 23.9 Å². The molecule has 2 amide bonds. The van der Waals surface area contributed by atoms with E-state index < -0.39 is 58.1 Å². The van der Waals surface area contributed by atoms with Gasteiger partial charge >= 0.3 is 12.1 Å². The van der Waals surface area contributed by atoms with Gasteiger partial charge < -0.3 is 29.9 Å². The SMILES string of the molecule is C=C[C@]1(C)C[C@@H](OC(=O)CSC2CN(C(=O)C(NC(=O)OC(C)(C)C)C(C)C)CCC2O)[C@]2(C)C(C)CCC3(CCC(=O)C32)[C@@H](C)C1O. The Morgan fingerprint density at radius 3 is 2.42 bits per heavy atom. The molecule has 1 saturated heterocycles. The molecule has 11 heteroatoms. The molecule has 0 radical (unpaired) electrons. The zero-order valence-electron chi connectivity index (χ0n) is 30.5. The van der Waals surface area contributed by atoms with Crippen LogP contribution >= 0.6 is 11.8 Å². The van der Waals surface area contributed by atoms with E-state index in [4.69, 9.17) is 9.47 Å². The van der Waals surface area contributed by atoms with E-state index >= 15 is 0 Å². The van der Waals surface area contributed by atoms with Gasteiger partial charge in [-0.2, -0.15) is 0 Å². The van der Waals surface area contributed by atoms with Crippen molar-refractivity contribution in [2.75, 3.05) is 18.8 Å². The number of rotatable bonds is 8. The summed E-state index contributed by atoms with van der Waals surface area (Å²) in [5.41, 5.74) is -2.39. The number of ketones is 1. The van der Waals surface area contributed by atoms with Crippen molar-refractivity contribution in [1.29, 1.82) is 0 Å². The molecule has 3 saturated carbocycles. The molecule has 272 valence electrons. The molecular formula is C37H60N2O8S. The van der Waals surface area contributed by atoms with E-state index in [0.717, 1.165) is 19.3 Å². The van der Waals surface area contributed by atoms with Crippen LogP contribution in [0.5, 0.6) is 0 Å². The van der Waals surface area contributed by atoms with Gasteiger partial charge in [0, 0.05) is 41.5 Å². The number of Topliss-reactive ketones (excluding diaryl/α,β-unsaturated/α-hetero) is 1. The average Bonchev–Trinajstić information content (AvgIpc) is 3.36. The molecule has 3 aliphatic carbocycles. The third-order valence-corrected chi connectivity index (χ3v) is 13.7. The Morgan fingerprint density at radius 1 is 1.15 bits per heavy atom. The summed E-state index contributed by atoms with van der Waals surface area (Å²) >= 11 is 1.26. The lowest BCUT2D eigenvalue weighted by atomic mass is 9.44. The summed E-state index contributed by atoms with van der Waals surface area (Å²) in [6.07, 6.45) is 2.71. The molecule has 48 heavy (non-hydrogen) atoms. The minimum atomic E-state index is -0.800. The summed E-state index contributed by atoms with van der Waals surface area (Å²) in [5, 5.41) is 24.9. The van der Waals surface area contributed by atoms with Crippen molar-refractivity contribution in [2.24, 2.45) is 39.9 Å². The van der Waals surface area contributed by atoms with Crippen molar-refractivity contribution in [3.63, 3.8) is 0 Å². The highest BCUT2D eigenvalue weighted by Gasteiger charge is 2.68. The van der Waals surface area contributed by atoms with E-state index in [2.05, 4.69) is 32.7 Å². The number of thioether (sulfide) groups is 1. The fraction of sp³-hybridized carbons (Fsp3) is 0.838. The Morgan fingerprint density at radius 2 is 1.81 bits per heavy atom. The third-order valence-electron chi connectivity index (χ3n) is 12.4. The Labute approximate surface area is 291 Å². The molecule has 0 spiro atoms. The normalized spacial score (nSPS) is 39.1. The largest absolute Gasteiger partial charge is 0.461 e. The van der Waals surface area contributed by atoms with Gasteiger partial charge in [0.2, 0.25) is 5.91 Å². The van der Waals surface area contributed by atoms with Gasteiger partial charge in [0.25, 0.3) is 0 Å². The van der Waals surface area contributed by atoms with Crippen LogP contribution in [0.1, 0.15) is 101 Å². The van der Waals surface area contributed by atoms with Gasteiger partial charge in [-0.05, 0) is 76.0 Å². The number of hydrogen-bond acceptors (Lipinski definition) is 9. The Kier molecular flexibility index (Phi) is 11.5. The first kappa shape index (κ1) is 38.7. The number of carbonyl (C=O) groups is 4. The fourth-order valence-corrected chi connectivity index (χ4v) is 10.3. The van der Waals surface area contributed by atoms with E-state index in [0.29, 0.717) is 25.8 Å². The van der Waals surface area contributed by atoms with Gasteiger partial charge in [0.1, 0.15) is 23.5 Å². The van der Waals surface area contributed by atoms with Gasteiger partial charge in [0.15, 0.2) is 0 Å². The molecule has 3 N–H and O–H groups in total. The predicted octanol–water partition coefficient (Wildman–Crippen LogP) is 5.14. The molecule has 4 aliphatic rings. The van der Waals surface area contributed by atoms with Crippen molar-refractivity contribution in [1.82, 2.24) is 10.2 Å². The topological polar surface area (TPSA) is 142 Å². The Hall–Kier alpha value is -2.11. The van der Waals surface area contributed by atoms with E-state index in [9.17, 15) is 29.4 Å². The van der Waals surface area contributed by atoms with E-state index in [1.54, 1.807) is 31.7 Å². The summed E-state index contributed by atoms with van der Waals surface area (Å²) < 4.78 is 11.8. The molecule has 4 rings (SSSR count). The maximum absolute atomic E-state index is 13.7. The number of ether oxygens (including phenoxy) is 2. The molecule has 0 aromatic heterocycles.